The molecule has 0 saturated carbocycles. The highest BCUT2D eigenvalue weighted by molar-refractivity contribution is 9.10. The monoisotopic (exact) mass is 369 g/mol. The summed E-state index contributed by atoms with van der Waals surface area (Å²) in [6.45, 7) is 2.83. The Morgan fingerprint density at radius 2 is 2.15 bits per heavy atom. The fourth-order valence-corrected chi connectivity index (χ4v) is 4.83. The van der Waals surface area contributed by atoms with Gasteiger partial charge in [0.05, 0.1) is 10.5 Å². The second kappa shape index (κ2) is 5.93. The van der Waals surface area contributed by atoms with E-state index < -0.39 is 0 Å². The molecule has 1 N–H and O–H groups in total. The van der Waals surface area contributed by atoms with Gasteiger partial charge in [-0.2, -0.15) is 0 Å². The zero-order valence-corrected chi connectivity index (χ0v) is 14.0. The number of fused-ring (bicyclic) bond motifs is 1. The molecule has 0 bridgehead atoms. The van der Waals surface area contributed by atoms with Gasteiger partial charge in [0.1, 0.15) is 5.82 Å². The molecule has 104 valence electrons. The zero-order chi connectivity index (χ0) is 14.1. The van der Waals surface area contributed by atoms with Crippen molar-refractivity contribution in [3.63, 3.8) is 0 Å². The number of hydrogen-bond donors (Lipinski definition) is 1. The first kappa shape index (κ1) is 14.2. The predicted octanol–water partition coefficient (Wildman–Crippen LogP) is 5.56. The van der Waals surface area contributed by atoms with Crippen LogP contribution in [0, 0.1) is 5.82 Å². The predicted molar refractivity (Wildman–Crippen MR) is 89.3 cm³/mol. The maximum Gasteiger partial charge on any atom is 0.142 e. The van der Waals surface area contributed by atoms with Crippen molar-refractivity contribution in [2.75, 3.05) is 6.54 Å². The van der Waals surface area contributed by atoms with Crippen LogP contribution in [0.15, 0.2) is 40.2 Å². The van der Waals surface area contributed by atoms with Crippen molar-refractivity contribution in [3.05, 3.63) is 56.4 Å². The van der Waals surface area contributed by atoms with Gasteiger partial charge in [-0.3, -0.25) is 0 Å². The molecule has 0 radical (unpaired) electrons. The molecule has 20 heavy (non-hydrogen) atoms. The summed E-state index contributed by atoms with van der Waals surface area (Å²) < 4.78 is 17.4. The Morgan fingerprint density at radius 1 is 1.30 bits per heavy atom. The second-order valence-corrected chi connectivity index (χ2v) is 7.35. The molecule has 3 rings (SSSR count). The van der Waals surface area contributed by atoms with Crippen LogP contribution in [-0.2, 0) is 0 Å². The highest BCUT2D eigenvalue weighted by Gasteiger charge is 2.20. The van der Waals surface area contributed by atoms with Gasteiger partial charge in [-0.05, 0) is 46.1 Å². The van der Waals surface area contributed by atoms with Gasteiger partial charge in [-0.25, -0.2) is 4.39 Å². The highest BCUT2D eigenvalue weighted by Crippen LogP contribution is 2.37. The van der Waals surface area contributed by atoms with Crippen molar-refractivity contribution in [3.8, 4) is 0 Å². The molecule has 0 aliphatic heterocycles. The summed E-state index contributed by atoms with van der Waals surface area (Å²) in [7, 11) is 0. The second-order valence-electron chi connectivity index (χ2n) is 4.43. The van der Waals surface area contributed by atoms with Crippen molar-refractivity contribution in [1.29, 1.82) is 0 Å². The third-order valence-corrected chi connectivity index (χ3v) is 5.91. The minimum Gasteiger partial charge on any atom is -0.306 e. The van der Waals surface area contributed by atoms with Crippen LogP contribution < -0.4 is 5.32 Å². The van der Waals surface area contributed by atoms with Gasteiger partial charge in [0.2, 0.25) is 0 Å². The average molecular weight is 370 g/mol. The highest BCUT2D eigenvalue weighted by atomic mass is 79.9. The number of thiophene rings is 2. The molecule has 0 saturated heterocycles. The molecule has 1 nitrogen and oxygen atoms in total. The number of rotatable bonds is 4. The van der Waals surface area contributed by atoms with Crippen LogP contribution in [0.25, 0.3) is 9.40 Å². The number of benzene rings is 1. The maximum absolute atomic E-state index is 14.4. The molecule has 0 amide bonds. The van der Waals surface area contributed by atoms with Gasteiger partial charge in [0.25, 0.3) is 0 Å². The van der Waals surface area contributed by atoms with Gasteiger partial charge in [0, 0.05) is 19.8 Å². The Bertz CT molecular complexity index is 706. The summed E-state index contributed by atoms with van der Waals surface area (Å²) in [4.78, 5) is 1.16. The molecule has 0 aliphatic rings. The van der Waals surface area contributed by atoms with Gasteiger partial charge < -0.3 is 5.32 Å². The zero-order valence-electron chi connectivity index (χ0n) is 10.8. The van der Waals surface area contributed by atoms with Crippen molar-refractivity contribution in [2.45, 2.75) is 13.0 Å². The smallest absolute Gasteiger partial charge is 0.142 e. The van der Waals surface area contributed by atoms with E-state index in [0.29, 0.717) is 10.0 Å². The Labute approximate surface area is 133 Å². The van der Waals surface area contributed by atoms with Gasteiger partial charge in [-0.1, -0.05) is 19.1 Å². The van der Waals surface area contributed by atoms with E-state index in [4.69, 9.17) is 0 Å². The van der Waals surface area contributed by atoms with Crippen LogP contribution in [0.2, 0.25) is 0 Å². The number of nitrogens with one attached hydrogen (secondary N) is 1. The topological polar surface area (TPSA) is 12.0 Å². The Hall–Kier alpha value is -0.750. The lowest BCUT2D eigenvalue weighted by Crippen LogP contribution is -2.22. The normalized spacial score (nSPS) is 12.9. The third kappa shape index (κ3) is 2.55. The van der Waals surface area contributed by atoms with E-state index in [9.17, 15) is 4.39 Å². The van der Waals surface area contributed by atoms with E-state index in [0.717, 1.165) is 11.4 Å². The van der Waals surface area contributed by atoms with E-state index >= 15 is 0 Å². The summed E-state index contributed by atoms with van der Waals surface area (Å²) >= 11 is 6.72. The molecule has 1 atom stereocenters. The summed E-state index contributed by atoms with van der Waals surface area (Å²) in [6.07, 6.45) is 0. The maximum atomic E-state index is 14.4. The van der Waals surface area contributed by atoms with Crippen LogP contribution in [0.4, 0.5) is 4.39 Å². The minimum absolute atomic E-state index is 0.0953. The SMILES string of the molecule is CCNC(c1cc2sccc2s1)c1cccc(Br)c1F. The van der Waals surface area contributed by atoms with Crippen LogP contribution >= 0.6 is 38.6 Å². The lowest BCUT2D eigenvalue weighted by atomic mass is 10.0. The molecular formula is C15H13BrFNS2. The van der Waals surface area contributed by atoms with Crippen molar-refractivity contribution in [2.24, 2.45) is 0 Å². The van der Waals surface area contributed by atoms with E-state index in [1.54, 1.807) is 28.7 Å². The van der Waals surface area contributed by atoms with E-state index in [-0.39, 0.29) is 11.9 Å². The molecule has 1 aromatic carbocycles. The summed E-state index contributed by atoms with van der Waals surface area (Å²) in [5.74, 6) is -0.185. The Morgan fingerprint density at radius 3 is 2.90 bits per heavy atom. The molecule has 0 fully saturated rings. The third-order valence-electron chi connectivity index (χ3n) is 3.14. The number of hydrogen-bond acceptors (Lipinski definition) is 3. The lowest BCUT2D eigenvalue weighted by molar-refractivity contribution is 0.559. The molecule has 0 aliphatic carbocycles. The summed E-state index contributed by atoms with van der Waals surface area (Å²) in [6, 6.07) is 9.65. The number of halogens is 2. The fourth-order valence-electron chi connectivity index (χ4n) is 2.24. The first-order valence-corrected chi connectivity index (χ1v) is 8.84. The van der Waals surface area contributed by atoms with Crippen LogP contribution in [-0.4, -0.2) is 6.54 Å². The van der Waals surface area contributed by atoms with Crippen molar-refractivity contribution >= 4 is 48.0 Å². The van der Waals surface area contributed by atoms with Crippen LogP contribution in [0.3, 0.4) is 0 Å². The van der Waals surface area contributed by atoms with Crippen molar-refractivity contribution < 1.29 is 4.39 Å². The van der Waals surface area contributed by atoms with Gasteiger partial charge in [-0.15, -0.1) is 22.7 Å². The molecule has 2 heterocycles. The Balaban J connectivity index is 2.08. The van der Waals surface area contributed by atoms with Crippen molar-refractivity contribution in [1.82, 2.24) is 5.32 Å². The quantitative estimate of drug-likeness (QED) is 0.634. The molecule has 1 unspecified atom stereocenters. The Kier molecular flexibility index (Phi) is 4.21. The van der Waals surface area contributed by atoms with Gasteiger partial charge >= 0.3 is 0 Å². The lowest BCUT2D eigenvalue weighted by Gasteiger charge is -2.18. The largest absolute Gasteiger partial charge is 0.306 e. The van der Waals surface area contributed by atoms with Gasteiger partial charge in [0.15, 0.2) is 0 Å². The molecule has 2 aromatic heterocycles. The van der Waals surface area contributed by atoms with Crippen LogP contribution in [0.1, 0.15) is 23.4 Å². The molecule has 5 heteroatoms. The molecule has 0 spiro atoms. The minimum atomic E-state index is -0.185. The average Bonchev–Trinajstić information content (AvgIpc) is 3.00. The molecule has 3 aromatic rings. The first-order chi connectivity index (χ1) is 9.70. The van der Waals surface area contributed by atoms with Crippen LogP contribution in [0.5, 0.6) is 0 Å². The fraction of sp³-hybridized carbons (Fsp3) is 0.200. The molecular weight excluding hydrogens is 357 g/mol. The first-order valence-electron chi connectivity index (χ1n) is 6.35. The standard InChI is InChI=1S/C15H13BrFNS2/c1-2-18-15(9-4-3-5-10(16)14(9)17)13-8-12-11(20-13)6-7-19-12/h3-8,15,18H,2H2,1H3. The van der Waals surface area contributed by atoms with E-state index in [1.165, 1.54) is 9.40 Å². The summed E-state index contributed by atoms with van der Waals surface area (Å²) in [5, 5.41) is 5.48. The van der Waals surface area contributed by atoms with E-state index in [1.807, 2.05) is 19.1 Å². The summed E-state index contributed by atoms with van der Waals surface area (Å²) in [5.41, 5.74) is 0.690. The van der Waals surface area contributed by atoms with E-state index in [2.05, 4.69) is 38.8 Å².